The molecule has 3 rings (SSSR count). The topological polar surface area (TPSA) is 43.6 Å². The number of nitrogens with zero attached hydrogens (tertiary/aromatic N) is 2. The summed E-state index contributed by atoms with van der Waals surface area (Å²) in [4.78, 5) is 15.6. The summed E-state index contributed by atoms with van der Waals surface area (Å²) in [6.45, 7) is 0. The number of hydrogen-bond acceptors (Lipinski definition) is 3. The van der Waals surface area contributed by atoms with Crippen LogP contribution in [0.2, 0.25) is 0 Å². The predicted octanol–water partition coefficient (Wildman–Crippen LogP) is 3.58. The Kier molecular flexibility index (Phi) is 3.28. The van der Waals surface area contributed by atoms with Gasteiger partial charge in [-0.3, -0.25) is 9.20 Å². The van der Waals surface area contributed by atoms with E-state index >= 15 is 0 Å². The van der Waals surface area contributed by atoms with Gasteiger partial charge in [0.2, 0.25) is 0 Å². The van der Waals surface area contributed by atoms with Crippen molar-refractivity contribution in [3.8, 4) is 17.1 Å². The molecule has 0 atom stereocenters. The second-order valence-corrected chi connectivity index (χ2v) is 5.19. The number of imidazole rings is 1. The Morgan fingerprint density at radius 2 is 2.15 bits per heavy atom. The second kappa shape index (κ2) is 5.09. The highest BCUT2D eigenvalue weighted by atomic mass is 79.9. The summed E-state index contributed by atoms with van der Waals surface area (Å²) < 4.78 is 8.04. The summed E-state index contributed by atoms with van der Waals surface area (Å²) in [5.74, 6) is 1.46. The van der Waals surface area contributed by atoms with Crippen LogP contribution in [0.25, 0.3) is 16.9 Å². The summed E-state index contributed by atoms with van der Waals surface area (Å²) in [6, 6.07) is 11.4. The SMILES string of the molecule is COc1cccc(-c2nc(C=O)c3ccc(Br)cn23)c1. The lowest BCUT2D eigenvalue weighted by molar-refractivity contribution is 0.112. The van der Waals surface area contributed by atoms with Crippen molar-refractivity contribution in [3.63, 3.8) is 0 Å². The monoisotopic (exact) mass is 330 g/mol. The van der Waals surface area contributed by atoms with Crippen LogP contribution in [-0.2, 0) is 0 Å². The first-order chi connectivity index (χ1) is 9.72. The number of aldehydes is 1. The minimum Gasteiger partial charge on any atom is -0.497 e. The van der Waals surface area contributed by atoms with Crippen molar-refractivity contribution in [2.75, 3.05) is 7.11 Å². The molecule has 0 aliphatic rings. The molecule has 20 heavy (non-hydrogen) atoms. The fraction of sp³-hybridized carbons (Fsp3) is 0.0667. The third-order valence-electron chi connectivity index (χ3n) is 3.07. The van der Waals surface area contributed by atoms with Crippen LogP contribution in [0, 0.1) is 0 Å². The molecule has 0 aliphatic carbocycles. The molecule has 0 N–H and O–H groups in total. The number of aromatic nitrogens is 2. The third kappa shape index (κ3) is 2.10. The average Bonchev–Trinajstić information content (AvgIpc) is 2.85. The number of ether oxygens (including phenoxy) is 1. The quantitative estimate of drug-likeness (QED) is 0.689. The fourth-order valence-electron chi connectivity index (χ4n) is 2.14. The smallest absolute Gasteiger partial charge is 0.170 e. The van der Waals surface area contributed by atoms with Gasteiger partial charge < -0.3 is 4.74 Å². The number of hydrogen-bond donors (Lipinski definition) is 0. The van der Waals surface area contributed by atoms with E-state index in [1.807, 2.05) is 47.0 Å². The highest BCUT2D eigenvalue weighted by molar-refractivity contribution is 9.10. The molecular weight excluding hydrogens is 320 g/mol. The highest BCUT2D eigenvalue weighted by Crippen LogP contribution is 2.26. The van der Waals surface area contributed by atoms with Crippen LogP contribution in [0.15, 0.2) is 47.1 Å². The summed E-state index contributed by atoms with van der Waals surface area (Å²) in [7, 11) is 1.62. The standard InChI is InChI=1S/C15H11BrN2O2/c1-20-12-4-2-3-10(7-12)15-17-13(9-19)14-6-5-11(16)8-18(14)15/h2-9H,1H3. The summed E-state index contributed by atoms with van der Waals surface area (Å²) in [6.07, 6.45) is 2.66. The van der Waals surface area contributed by atoms with Crippen LogP contribution in [0.3, 0.4) is 0 Å². The van der Waals surface area contributed by atoms with E-state index in [0.717, 1.165) is 27.6 Å². The maximum atomic E-state index is 11.2. The first kappa shape index (κ1) is 12.9. The molecule has 0 aliphatic heterocycles. The molecule has 2 aromatic heterocycles. The second-order valence-electron chi connectivity index (χ2n) is 4.27. The van der Waals surface area contributed by atoms with Gasteiger partial charge in [0, 0.05) is 16.2 Å². The molecule has 0 saturated heterocycles. The van der Waals surface area contributed by atoms with Crippen LogP contribution in [0.4, 0.5) is 0 Å². The fourth-order valence-corrected chi connectivity index (χ4v) is 2.47. The summed E-state index contributed by atoms with van der Waals surface area (Å²) in [5, 5.41) is 0. The molecule has 1 aromatic carbocycles. The van der Waals surface area contributed by atoms with Gasteiger partial charge in [0.15, 0.2) is 6.29 Å². The van der Waals surface area contributed by atoms with Crippen LogP contribution in [0.5, 0.6) is 5.75 Å². The van der Waals surface area contributed by atoms with Crippen molar-refractivity contribution in [1.29, 1.82) is 0 Å². The van der Waals surface area contributed by atoms with E-state index in [-0.39, 0.29) is 0 Å². The third-order valence-corrected chi connectivity index (χ3v) is 3.54. The Bertz CT molecular complexity index is 796. The van der Waals surface area contributed by atoms with E-state index in [1.165, 1.54) is 0 Å². The largest absolute Gasteiger partial charge is 0.497 e. The minimum atomic E-state index is 0.426. The van der Waals surface area contributed by atoms with E-state index in [2.05, 4.69) is 20.9 Å². The normalized spacial score (nSPS) is 10.7. The molecule has 0 radical (unpaired) electrons. The van der Waals surface area contributed by atoms with Crippen LogP contribution < -0.4 is 4.74 Å². The van der Waals surface area contributed by atoms with Crippen molar-refractivity contribution < 1.29 is 9.53 Å². The predicted molar refractivity (Wildman–Crippen MR) is 80.3 cm³/mol. The summed E-state index contributed by atoms with van der Waals surface area (Å²) >= 11 is 3.44. The van der Waals surface area contributed by atoms with Gasteiger partial charge in [-0.2, -0.15) is 0 Å². The molecule has 2 heterocycles. The zero-order chi connectivity index (χ0) is 14.1. The Morgan fingerprint density at radius 1 is 1.30 bits per heavy atom. The van der Waals surface area contributed by atoms with Crippen LogP contribution >= 0.6 is 15.9 Å². The molecule has 0 saturated carbocycles. The number of carbonyl (C=O) groups excluding carboxylic acids is 1. The van der Waals surface area contributed by atoms with Gasteiger partial charge in [-0.15, -0.1) is 0 Å². The van der Waals surface area contributed by atoms with E-state index in [4.69, 9.17) is 4.74 Å². The lowest BCUT2D eigenvalue weighted by atomic mass is 10.2. The average molecular weight is 331 g/mol. The van der Waals surface area contributed by atoms with Crippen molar-refractivity contribution in [1.82, 2.24) is 9.38 Å². The number of halogens is 1. The van der Waals surface area contributed by atoms with Crippen molar-refractivity contribution in [2.45, 2.75) is 0 Å². The number of carbonyl (C=O) groups is 1. The lowest BCUT2D eigenvalue weighted by Gasteiger charge is -2.04. The lowest BCUT2D eigenvalue weighted by Crippen LogP contribution is -1.90. The van der Waals surface area contributed by atoms with Gasteiger partial charge in [-0.25, -0.2) is 4.98 Å². The molecule has 0 fully saturated rings. The molecule has 0 spiro atoms. The molecule has 0 bridgehead atoms. The molecular formula is C15H11BrN2O2. The van der Waals surface area contributed by atoms with Crippen molar-refractivity contribution in [3.05, 3.63) is 52.8 Å². The first-order valence-corrected chi connectivity index (χ1v) is 6.79. The minimum absolute atomic E-state index is 0.426. The summed E-state index contributed by atoms with van der Waals surface area (Å²) in [5.41, 5.74) is 2.10. The number of rotatable bonds is 3. The molecule has 0 unspecified atom stereocenters. The van der Waals surface area contributed by atoms with Gasteiger partial charge in [0.05, 0.1) is 12.6 Å². The van der Waals surface area contributed by atoms with Gasteiger partial charge >= 0.3 is 0 Å². The molecule has 4 nitrogen and oxygen atoms in total. The van der Waals surface area contributed by atoms with Crippen molar-refractivity contribution >= 4 is 27.7 Å². The van der Waals surface area contributed by atoms with Gasteiger partial charge in [0.25, 0.3) is 0 Å². The molecule has 0 amide bonds. The number of benzene rings is 1. The van der Waals surface area contributed by atoms with Crippen LogP contribution in [-0.4, -0.2) is 22.8 Å². The zero-order valence-electron chi connectivity index (χ0n) is 10.7. The van der Waals surface area contributed by atoms with Gasteiger partial charge in [-0.1, -0.05) is 12.1 Å². The number of pyridine rings is 1. The van der Waals surface area contributed by atoms with E-state index < -0.39 is 0 Å². The Hall–Kier alpha value is -2.14. The number of methoxy groups -OCH3 is 1. The number of fused-ring (bicyclic) bond motifs is 1. The molecule has 5 heteroatoms. The zero-order valence-corrected chi connectivity index (χ0v) is 12.3. The Morgan fingerprint density at radius 3 is 2.90 bits per heavy atom. The van der Waals surface area contributed by atoms with Gasteiger partial charge in [-0.05, 0) is 40.2 Å². The Labute approximate surface area is 124 Å². The van der Waals surface area contributed by atoms with E-state index in [0.29, 0.717) is 11.5 Å². The first-order valence-electron chi connectivity index (χ1n) is 6.00. The molecule has 100 valence electrons. The highest BCUT2D eigenvalue weighted by Gasteiger charge is 2.12. The van der Waals surface area contributed by atoms with E-state index in [1.54, 1.807) is 7.11 Å². The van der Waals surface area contributed by atoms with Gasteiger partial charge in [0.1, 0.15) is 17.3 Å². The van der Waals surface area contributed by atoms with E-state index in [9.17, 15) is 4.79 Å². The van der Waals surface area contributed by atoms with Crippen molar-refractivity contribution in [2.24, 2.45) is 0 Å². The molecule has 3 aromatic rings. The maximum Gasteiger partial charge on any atom is 0.170 e. The maximum absolute atomic E-state index is 11.2. The Balaban J connectivity index is 2.29. The van der Waals surface area contributed by atoms with Crippen LogP contribution in [0.1, 0.15) is 10.5 Å².